The lowest BCUT2D eigenvalue weighted by atomic mass is 10.2. The van der Waals surface area contributed by atoms with E-state index in [2.05, 4.69) is 9.71 Å². The van der Waals surface area contributed by atoms with Crippen molar-refractivity contribution in [2.24, 2.45) is 0 Å². The molecule has 0 aliphatic carbocycles. The number of aromatic nitrogens is 2. The molecule has 4 rings (SSSR count). The van der Waals surface area contributed by atoms with Gasteiger partial charge in [-0.1, -0.05) is 18.2 Å². The number of thiazole rings is 1. The second-order valence-corrected chi connectivity index (χ2v) is 8.77. The van der Waals surface area contributed by atoms with Crippen molar-refractivity contribution in [1.29, 1.82) is 0 Å². The number of benzene rings is 2. The van der Waals surface area contributed by atoms with Crippen molar-refractivity contribution in [2.75, 3.05) is 4.72 Å². The summed E-state index contributed by atoms with van der Waals surface area (Å²) in [6.07, 6.45) is 1.62. The van der Waals surface area contributed by atoms with Crippen LogP contribution in [0.15, 0.2) is 81.9 Å². The molecule has 2 heterocycles. The molecule has 0 aliphatic heterocycles. The molecular formula is C20H15N3O5S2. The molecule has 0 spiro atoms. The van der Waals surface area contributed by atoms with Crippen molar-refractivity contribution in [3.05, 3.63) is 93.9 Å². The third kappa shape index (κ3) is 4.24. The SMILES string of the molecule is O=C(OCc1cc(=O)n2ccsc2n1)c1ccc(NS(=O)(=O)c2ccccc2)cc1. The van der Waals surface area contributed by atoms with E-state index in [9.17, 15) is 18.0 Å². The van der Waals surface area contributed by atoms with E-state index >= 15 is 0 Å². The van der Waals surface area contributed by atoms with E-state index in [0.29, 0.717) is 16.3 Å². The molecule has 2 aromatic carbocycles. The smallest absolute Gasteiger partial charge is 0.338 e. The highest BCUT2D eigenvalue weighted by Crippen LogP contribution is 2.17. The first-order valence-corrected chi connectivity index (χ1v) is 11.1. The van der Waals surface area contributed by atoms with Gasteiger partial charge in [-0.3, -0.25) is 13.9 Å². The average molecular weight is 441 g/mol. The molecule has 0 atom stereocenters. The molecule has 0 bridgehead atoms. The zero-order chi connectivity index (χ0) is 21.1. The first kappa shape index (κ1) is 19.8. The minimum absolute atomic E-state index is 0.139. The Kier molecular flexibility index (Phi) is 5.34. The van der Waals surface area contributed by atoms with Gasteiger partial charge in [0.1, 0.15) is 6.61 Å². The van der Waals surface area contributed by atoms with E-state index in [-0.39, 0.29) is 22.6 Å². The third-order valence-electron chi connectivity index (χ3n) is 4.13. The van der Waals surface area contributed by atoms with E-state index in [4.69, 9.17) is 4.74 Å². The van der Waals surface area contributed by atoms with Crippen LogP contribution < -0.4 is 10.3 Å². The van der Waals surface area contributed by atoms with Crippen LogP contribution in [0, 0.1) is 0 Å². The number of hydrogen-bond acceptors (Lipinski definition) is 7. The van der Waals surface area contributed by atoms with Gasteiger partial charge >= 0.3 is 5.97 Å². The fourth-order valence-electron chi connectivity index (χ4n) is 2.67. The molecule has 0 radical (unpaired) electrons. The highest BCUT2D eigenvalue weighted by atomic mass is 32.2. The average Bonchev–Trinajstić information content (AvgIpc) is 3.22. The summed E-state index contributed by atoms with van der Waals surface area (Å²) in [4.78, 5) is 29.2. The lowest BCUT2D eigenvalue weighted by Crippen LogP contribution is -2.15. The number of nitrogens with one attached hydrogen (secondary N) is 1. The number of fused-ring (bicyclic) bond motifs is 1. The van der Waals surface area contributed by atoms with Crippen LogP contribution in [0.1, 0.15) is 16.1 Å². The molecule has 152 valence electrons. The molecule has 0 saturated heterocycles. The number of hydrogen-bond donors (Lipinski definition) is 1. The Bertz CT molecular complexity index is 1360. The topological polar surface area (TPSA) is 107 Å². The summed E-state index contributed by atoms with van der Waals surface area (Å²) >= 11 is 1.31. The third-order valence-corrected chi connectivity index (χ3v) is 6.29. The lowest BCUT2D eigenvalue weighted by molar-refractivity contribution is 0.0468. The van der Waals surface area contributed by atoms with Crippen molar-refractivity contribution in [1.82, 2.24) is 9.38 Å². The van der Waals surface area contributed by atoms with Crippen LogP contribution in [0.5, 0.6) is 0 Å². The maximum absolute atomic E-state index is 12.3. The van der Waals surface area contributed by atoms with E-state index in [1.54, 1.807) is 29.8 Å². The Labute approximate surface area is 175 Å². The number of carbonyl (C=O) groups excluding carboxylic acids is 1. The molecule has 1 N–H and O–H groups in total. The zero-order valence-corrected chi connectivity index (χ0v) is 17.0. The summed E-state index contributed by atoms with van der Waals surface area (Å²) < 4.78 is 33.8. The fraction of sp³-hybridized carbons (Fsp3) is 0.0500. The molecule has 0 aliphatic rings. The number of anilines is 1. The predicted molar refractivity (Wildman–Crippen MR) is 112 cm³/mol. The zero-order valence-electron chi connectivity index (χ0n) is 15.4. The van der Waals surface area contributed by atoms with Gasteiger partial charge in [0.2, 0.25) is 0 Å². The van der Waals surface area contributed by atoms with E-state index < -0.39 is 16.0 Å². The minimum Gasteiger partial charge on any atom is -0.456 e. The van der Waals surface area contributed by atoms with E-state index in [1.807, 2.05) is 0 Å². The largest absolute Gasteiger partial charge is 0.456 e. The first-order valence-electron chi connectivity index (χ1n) is 8.73. The van der Waals surface area contributed by atoms with Crippen LogP contribution >= 0.6 is 11.3 Å². The second kappa shape index (κ2) is 8.09. The van der Waals surface area contributed by atoms with Gasteiger partial charge < -0.3 is 4.74 Å². The van der Waals surface area contributed by atoms with Crippen molar-refractivity contribution in [2.45, 2.75) is 11.5 Å². The summed E-state index contributed by atoms with van der Waals surface area (Å²) in [5, 5.41) is 1.74. The van der Waals surface area contributed by atoms with Gasteiger partial charge in [-0.05, 0) is 36.4 Å². The van der Waals surface area contributed by atoms with E-state index in [0.717, 1.165) is 0 Å². The normalized spacial score (nSPS) is 11.3. The molecule has 2 aromatic heterocycles. The Morgan fingerprint density at radius 1 is 1.10 bits per heavy atom. The second-order valence-electron chi connectivity index (χ2n) is 6.21. The number of rotatable bonds is 6. The van der Waals surface area contributed by atoms with Gasteiger partial charge in [-0.2, -0.15) is 0 Å². The predicted octanol–water partition coefficient (Wildman–Crippen LogP) is 2.91. The first-order chi connectivity index (χ1) is 14.4. The Balaban J connectivity index is 1.42. The molecule has 0 amide bonds. The highest BCUT2D eigenvalue weighted by molar-refractivity contribution is 7.92. The number of esters is 1. The maximum atomic E-state index is 12.3. The van der Waals surface area contributed by atoms with Crippen LogP contribution in [0.25, 0.3) is 4.96 Å². The van der Waals surface area contributed by atoms with E-state index in [1.165, 1.54) is 58.2 Å². The molecular weight excluding hydrogens is 426 g/mol. The molecule has 4 aromatic rings. The Morgan fingerprint density at radius 2 is 1.83 bits per heavy atom. The summed E-state index contributed by atoms with van der Waals surface area (Å²) in [5.41, 5.74) is 0.658. The van der Waals surface area contributed by atoms with Crippen LogP contribution in [-0.2, 0) is 21.4 Å². The molecule has 10 heteroatoms. The summed E-state index contributed by atoms with van der Waals surface area (Å²) in [5.74, 6) is -0.611. The van der Waals surface area contributed by atoms with Gasteiger partial charge in [0.05, 0.1) is 16.2 Å². The number of carbonyl (C=O) groups is 1. The molecule has 30 heavy (non-hydrogen) atoms. The van der Waals surface area contributed by atoms with Crippen LogP contribution in [0.4, 0.5) is 5.69 Å². The quantitative estimate of drug-likeness (QED) is 0.461. The van der Waals surface area contributed by atoms with Gasteiger partial charge in [0.25, 0.3) is 15.6 Å². The minimum atomic E-state index is -3.71. The Hall–Kier alpha value is -3.50. The highest BCUT2D eigenvalue weighted by Gasteiger charge is 2.14. The summed E-state index contributed by atoms with van der Waals surface area (Å²) in [6.45, 7) is -0.148. The summed E-state index contributed by atoms with van der Waals surface area (Å²) in [6, 6.07) is 15.1. The monoisotopic (exact) mass is 441 g/mol. The van der Waals surface area contributed by atoms with Crippen molar-refractivity contribution >= 4 is 38.0 Å². The number of sulfonamides is 1. The van der Waals surface area contributed by atoms with Gasteiger partial charge in [-0.25, -0.2) is 18.2 Å². The fourth-order valence-corrected chi connectivity index (χ4v) is 4.49. The number of nitrogens with zero attached hydrogens (tertiary/aromatic N) is 2. The maximum Gasteiger partial charge on any atom is 0.338 e. The summed E-state index contributed by atoms with van der Waals surface area (Å²) in [7, 11) is -3.71. The van der Waals surface area contributed by atoms with Gasteiger partial charge in [0, 0.05) is 23.3 Å². The van der Waals surface area contributed by atoms with Gasteiger partial charge in [0.15, 0.2) is 4.96 Å². The van der Waals surface area contributed by atoms with Crippen LogP contribution in [-0.4, -0.2) is 23.8 Å². The molecule has 0 saturated carbocycles. The van der Waals surface area contributed by atoms with Crippen LogP contribution in [0.2, 0.25) is 0 Å². The van der Waals surface area contributed by atoms with Crippen molar-refractivity contribution < 1.29 is 17.9 Å². The Morgan fingerprint density at radius 3 is 2.57 bits per heavy atom. The molecule has 0 unspecified atom stereocenters. The molecule has 0 fully saturated rings. The van der Waals surface area contributed by atoms with Crippen molar-refractivity contribution in [3.63, 3.8) is 0 Å². The number of ether oxygens (including phenoxy) is 1. The lowest BCUT2D eigenvalue weighted by Gasteiger charge is -2.09. The molecule has 8 nitrogen and oxygen atoms in total. The van der Waals surface area contributed by atoms with Crippen LogP contribution in [0.3, 0.4) is 0 Å². The van der Waals surface area contributed by atoms with Gasteiger partial charge in [-0.15, -0.1) is 11.3 Å². The van der Waals surface area contributed by atoms with Crippen molar-refractivity contribution in [3.8, 4) is 0 Å². The standard InChI is InChI=1S/C20H15N3O5S2/c24-18-12-16(21-20-23(18)10-11-29-20)13-28-19(25)14-6-8-15(9-7-14)22-30(26,27)17-4-2-1-3-5-17/h1-12,22H,13H2.